The number of benzene rings is 2. The summed E-state index contributed by atoms with van der Waals surface area (Å²) < 4.78 is 6.32. The first kappa shape index (κ1) is 25.1. The molecule has 5 rings (SSSR count). The van der Waals surface area contributed by atoms with Gasteiger partial charge in [-0.2, -0.15) is 0 Å². The highest BCUT2D eigenvalue weighted by Crippen LogP contribution is 2.43. The van der Waals surface area contributed by atoms with E-state index in [-0.39, 0.29) is 5.60 Å². The molecule has 0 radical (unpaired) electrons. The molecule has 2 aliphatic rings. The Kier molecular flexibility index (Phi) is 7.38. The van der Waals surface area contributed by atoms with Crippen LogP contribution < -0.4 is 4.74 Å². The molecule has 0 spiro atoms. The third-order valence-electron chi connectivity index (χ3n) is 6.76. The minimum atomic E-state index is -1.82. The van der Waals surface area contributed by atoms with Gasteiger partial charge in [-0.3, -0.25) is 0 Å². The van der Waals surface area contributed by atoms with Gasteiger partial charge in [-0.05, 0) is 80.9 Å². The van der Waals surface area contributed by atoms with Crippen molar-refractivity contribution in [1.82, 2.24) is 9.88 Å². The molecule has 1 fully saturated rings. The first-order chi connectivity index (χ1) is 16.6. The minimum Gasteiger partial charge on any atom is -0.487 e. The molecule has 0 atom stereocenters. The smallest absolute Gasteiger partial charge is 0.414 e. The van der Waals surface area contributed by atoms with Crippen molar-refractivity contribution < 1.29 is 24.5 Å². The summed E-state index contributed by atoms with van der Waals surface area (Å²) in [6, 6.07) is 12.9. The van der Waals surface area contributed by atoms with Crippen LogP contribution in [0.25, 0.3) is 10.9 Å². The van der Waals surface area contributed by atoms with Crippen LogP contribution in [0.15, 0.2) is 42.6 Å². The lowest BCUT2D eigenvalue weighted by atomic mass is 9.87. The SMILES string of the molecule is CC1(C)Cc2cccc(C3CCN(CCc4c[nH]c5cc(Cl)ccc45)CC3)c2O1.O=C(O)C(=O)O. The zero-order valence-electron chi connectivity index (χ0n) is 20.0. The van der Waals surface area contributed by atoms with Crippen LogP contribution in [0.4, 0.5) is 0 Å². The van der Waals surface area contributed by atoms with Gasteiger partial charge in [0, 0.05) is 35.1 Å². The van der Waals surface area contributed by atoms with Gasteiger partial charge in [-0.25, -0.2) is 9.59 Å². The average molecular weight is 499 g/mol. The number of carboxylic acid groups (broad SMARTS) is 2. The van der Waals surface area contributed by atoms with Crippen LogP contribution in [-0.2, 0) is 22.4 Å². The Morgan fingerprint density at radius 3 is 2.54 bits per heavy atom. The van der Waals surface area contributed by atoms with Crippen molar-refractivity contribution in [3.63, 3.8) is 0 Å². The maximum atomic E-state index is 9.10. The van der Waals surface area contributed by atoms with Crippen molar-refractivity contribution in [1.29, 1.82) is 0 Å². The summed E-state index contributed by atoms with van der Waals surface area (Å²) in [5.74, 6) is -1.86. The van der Waals surface area contributed by atoms with Gasteiger partial charge in [-0.15, -0.1) is 0 Å². The molecule has 0 saturated carbocycles. The first-order valence-electron chi connectivity index (χ1n) is 11.9. The molecule has 186 valence electrons. The van der Waals surface area contributed by atoms with E-state index in [1.54, 1.807) is 0 Å². The molecule has 2 aromatic carbocycles. The second kappa shape index (κ2) is 10.3. The quantitative estimate of drug-likeness (QED) is 0.432. The monoisotopic (exact) mass is 498 g/mol. The standard InChI is InChI=1S/C25H29ClN2O.C2H2O4/c1-25(2)15-18-4-3-5-22(24(18)29-25)17-8-11-28(12-9-17)13-10-19-16-27-23-14-20(26)6-7-21(19)23;3-1(4)2(5)6/h3-7,14,16-17,27H,8-13,15H2,1-2H3;(H,3,4)(H,5,6). The topological polar surface area (TPSA) is 103 Å². The number of carbonyl (C=O) groups is 2. The van der Waals surface area contributed by atoms with Crippen LogP contribution >= 0.6 is 11.6 Å². The molecule has 0 bridgehead atoms. The summed E-state index contributed by atoms with van der Waals surface area (Å²) in [5.41, 5.74) is 5.26. The van der Waals surface area contributed by atoms with E-state index in [1.165, 1.54) is 40.7 Å². The number of aliphatic carboxylic acids is 2. The van der Waals surface area contributed by atoms with Crippen molar-refractivity contribution in [2.24, 2.45) is 0 Å². The Morgan fingerprint density at radius 1 is 1.14 bits per heavy atom. The number of hydrogen-bond acceptors (Lipinski definition) is 4. The number of H-pyrrole nitrogens is 1. The number of hydrogen-bond donors (Lipinski definition) is 3. The highest BCUT2D eigenvalue weighted by molar-refractivity contribution is 6.31. The molecule has 0 unspecified atom stereocenters. The normalized spacial score (nSPS) is 17.3. The Morgan fingerprint density at radius 2 is 1.86 bits per heavy atom. The predicted molar refractivity (Wildman–Crippen MR) is 136 cm³/mol. The van der Waals surface area contributed by atoms with Crippen molar-refractivity contribution in [3.8, 4) is 5.75 Å². The van der Waals surface area contributed by atoms with E-state index in [0.29, 0.717) is 5.92 Å². The zero-order chi connectivity index (χ0) is 25.2. The van der Waals surface area contributed by atoms with Gasteiger partial charge < -0.3 is 24.8 Å². The Labute approximate surface area is 209 Å². The van der Waals surface area contributed by atoms with Gasteiger partial charge >= 0.3 is 11.9 Å². The summed E-state index contributed by atoms with van der Waals surface area (Å²) in [7, 11) is 0. The van der Waals surface area contributed by atoms with E-state index in [2.05, 4.69) is 54.2 Å². The molecule has 0 aliphatic carbocycles. The number of ether oxygens (including phenoxy) is 1. The van der Waals surface area contributed by atoms with Gasteiger partial charge in [-0.1, -0.05) is 35.9 Å². The lowest BCUT2D eigenvalue weighted by Gasteiger charge is -2.33. The van der Waals surface area contributed by atoms with E-state index < -0.39 is 11.9 Å². The van der Waals surface area contributed by atoms with Crippen LogP contribution in [0.3, 0.4) is 0 Å². The minimum absolute atomic E-state index is 0.0668. The Hall–Kier alpha value is -3.03. The van der Waals surface area contributed by atoms with Gasteiger partial charge in [0.05, 0.1) is 0 Å². The zero-order valence-corrected chi connectivity index (χ0v) is 20.8. The number of nitrogens with zero attached hydrogens (tertiary/aromatic N) is 1. The fraction of sp³-hybridized carbons (Fsp3) is 0.407. The number of rotatable bonds is 4. The number of nitrogens with one attached hydrogen (secondary N) is 1. The summed E-state index contributed by atoms with van der Waals surface area (Å²) in [5, 5.41) is 16.9. The van der Waals surface area contributed by atoms with Crippen molar-refractivity contribution in [2.75, 3.05) is 19.6 Å². The molecule has 0 amide bonds. The summed E-state index contributed by atoms with van der Waals surface area (Å²) in [6.45, 7) is 7.81. The lowest BCUT2D eigenvalue weighted by Crippen LogP contribution is -2.34. The van der Waals surface area contributed by atoms with Crippen LogP contribution in [0.1, 0.15) is 49.3 Å². The molecule has 1 saturated heterocycles. The third-order valence-corrected chi connectivity index (χ3v) is 6.99. The van der Waals surface area contributed by atoms with Crippen LogP contribution in [0.5, 0.6) is 5.75 Å². The number of aromatic nitrogens is 1. The molecule has 3 N–H and O–H groups in total. The molecule has 7 nitrogen and oxygen atoms in total. The number of likely N-dealkylation sites (tertiary alicyclic amines) is 1. The first-order valence-corrected chi connectivity index (χ1v) is 12.3. The maximum absolute atomic E-state index is 9.10. The number of para-hydroxylation sites is 1. The largest absolute Gasteiger partial charge is 0.487 e. The number of fused-ring (bicyclic) bond motifs is 2. The van der Waals surface area contributed by atoms with Gasteiger partial charge in [0.1, 0.15) is 11.4 Å². The third kappa shape index (κ3) is 5.97. The molecular formula is C27H31ClN2O5. The second-order valence-electron chi connectivity index (χ2n) is 9.85. The predicted octanol–water partition coefficient (Wildman–Crippen LogP) is 5.11. The lowest BCUT2D eigenvalue weighted by molar-refractivity contribution is -0.159. The Bertz CT molecular complexity index is 1220. The second-order valence-corrected chi connectivity index (χ2v) is 10.3. The fourth-order valence-electron chi connectivity index (χ4n) is 5.07. The summed E-state index contributed by atoms with van der Waals surface area (Å²) >= 11 is 6.10. The maximum Gasteiger partial charge on any atom is 0.414 e. The van der Waals surface area contributed by atoms with E-state index in [0.717, 1.165) is 43.0 Å². The van der Waals surface area contributed by atoms with Gasteiger partial charge in [0.15, 0.2) is 0 Å². The van der Waals surface area contributed by atoms with Crippen LogP contribution in [-0.4, -0.2) is 57.3 Å². The molecule has 3 heterocycles. The van der Waals surface area contributed by atoms with Crippen molar-refractivity contribution in [3.05, 3.63) is 64.3 Å². The van der Waals surface area contributed by atoms with E-state index >= 15 is 0 Å². The van der Waals surface area contributed by atoms with Gasteiger partial charge in [0.25, 0.3) is 0 Å². The van der Waals surface area contributed by atoms with Crippen LogP contribution in [0, 0.1) is 0 Å². The number of halogens is 1. The van der Waals surface area contributed by atoms with Crippen LogP contribution in [0.2, 0.25) is 5.02 Å². The summed E-state index contributed by atoms with van der Waals surface area (Å²) in [6.07, 6.45) is 6.66. The number of aromatic amines is 1. The molecule has 35 heavy (non-hydrogen) atoms. The fourth-order valence-corrected chi connectivity index (χ4v) is 5.24. The van der Waals surface area contributed by atoms with E-state index in [9.17, 15) is 0 Å². The molecule has 1 aromatic heterocycles. The number of piperidine rings is 1. The highest BCUT2D eigenvalue weighted by atomic mass is 35.5. The molecule has 2 aliphatic heterocycles. The Balaban J connectivity index is 0.000000431. The molecule has 8 heteroatoms. The van der Waals surface area contributed by atoms with Crippen molar-refractivity contribution >= 4 is 34.4 Å². The molecule has 3 aromatic rings. The summed E-state index contributed by atoms with van der Waals surface area (Å²) in [4.78, 5) is 24.2. The average Bonchev–Trinajstić information content (AvgIpc) is 3.36. The van der Waals surface area contributed by atoms with E-state index in [1.807, 2.05) is 12.1 Å². The van der Waals surface area contributed by atoms with E-state index in [4.69, 9.17) is 36.1 Å². The highest BCUT2D eigenvalue weighted by Gasteiger charge is 2.34. The van der Waals surface area contributed by atoms with Gasteiger partial charge in [0.2, 0.25) is 0 Å². The van der Waals surface area contributed by atoms with Crippen molar-refractivity contribution in [2.45, 2.75) is 51.0 Å². The number of carboxylic acids is 2. The molecular weight excluding hydrogens is 468 g/mol.